The average molecular weight is 143 g/mol. The zero-order valence-electron chi connectivity index (χ0n) is 6.89. The van der Waals surface area contributed by atoms with E-state index in [1.807, 2.05) is 0 Å². The van der Waals surface area contributed by atoms with Crippen LogP contribution in [0.25, 0.3) is 0 Å². The summed E-state index contributed by atoms with van der Waals surface area (Å²) in [6.07, 6.45) is 2.54. The number of hydrogen-bond acceptors (Lipinski definition) is 2. The van der Waals surface area contributed by atoms with Gasteiger partial charge >= 0.3 is 0 Å². The highest BCUT2D eigenvalue weighted by molar-refractivity contribution is 4.81. The van der Waals surface area contributed by atoms with Crippen LogP contribution in [-0.2, 0) is 4.74 Å². The van der Waals surface area contributed by atoms with Crippen molar-refractivity contribution in [3.63, 3.8) is 0 Å². The van der Waals surface area contributed by atoms with Gasteiger partial charge in [-0.1, -0.05) is 6.92 Å². The van der Waals surface area contributed by atoms with Gasteiger partial charge in [0.25, 0.3) is 0 Å². The van der Waals surface area contributed by atoms with Gasteiger partial charge in [-0.2, -0.15) is 0 Å². The lowest BCUT2D eigenvalue weighted by molar-refractivity contribution is 0.157. The molecule has 1 aliphatic heterocycles. The SMILES string of the molecule is COCCC(C)C1CCN1. The third kappa shape index (κ3) is 1.96. The molecular weight excluding hydrogens is 126 g/mol. The van der Waals surface area contributed by atoms with Crippen molar-refractivity contribution in [3.05, 3.63) is 0 Å². The number of hydrogen-bond donors (Lipinski definition) is 1. The second kappa shape index (κ2) is 3.94. The van der Waals surface area contributed by atoms with Crippen LogP contribution in [-0.4, -0.2) is 26.3 Å². The van der Waals surface area contributed by atoms with Crippen molar-refractivity contribution in [2.75, 3.05) is 20.3 Å². The Bertz CT molecular complexity index is 91.3. The van der Waals surface area contributed by atoms with Gasteiger partial charge in [-0.15, -0.1) is 0 Å². The van der Waals surface area contributed by atoms with Gasteiger partial charge in [0.15, 0.2) is 0 Å². The van der Waals surface area contributed by atoms with Gasteiger partial charge in [0.05, 0.1) is 0 Å². The van der Waals surface area contributed by atoms with E-state index in [0.29, 0.717) is 0 Å². The fourth-order valence-corrected chi connectivity index (χ4v) is 1.30. The molecule has 2 nitrogen and oxygen atoms in total. The molecule has 0 radical (unpaired) electrons. The molecule has 0 aromatic rings. The predicted octanol–water partition coefficient (Wildman–Crippen LogP) is 1.02. The molecule has 10 heavy (non-hydrogen) atoms. The molecule has 0 bridgehead atoms. The summed E-state index contributed by atoms with van der Waals surface area (Å²) in [6, 6.07) is 0.773. The summed E-state index contributed by atoms with van der Waals surface area (Å²) in [7, 11) is 1.76. The van der Waals surface area contributed by atoms with E-state index in [-0.39, 0.29) is 0 Å². The maximum atomic E-state index is 5.00. The largest absolute Gasteiger partial charge is 0.385 e. The molecule has 0 aliphatic carbocycles. The summed E-state index contributed by atoms with van der Waals surface area (Å²) < 4.78 is 5.00. The zero-order chi connectivity index (χ0) is 7.40. The van der Waals surface area contributed by atoms with E-state index in [9.17, 15) is 0 Å². The molecule has 60 valence electrons. The van der Waals surface area contributed by atoms with E-state index >= 15 is 0 Å². The van der Waals surface area contributed by atoms with Crippen molar-refractivity contribution in [2.24, 2.45) is 5.92 Å². The lowest BCUT2D eigenvalue weighted by Gasteiger charge is -2.33. The van der Waals surface area contributed by atoms with Crippen LogP contribution in [0, 0.1) is 5.92 Å². The van der Waals surface area contributed by atoms with Gasteiger partial charge in [0, 0.05) is 19.8 Å². The standard InChI is InChI=1S/C8H17NO/c1-7(4-6-10-2)8-3-5-9-8/h7-9H,3-6H2,1-2H3. The van der Waals surface area contributed by atoms with Crippen molar-refractivity contribution < 1.29 is 4.74 Å². The van der Waals surface area contributed by atoms with E-state index in [2.05, 4.69) is 12.2 Å². The van der Waals surface area contributed by atoms with Crippen LogP contribution in [0.4, 0.5) is 0 Å². The Kier molecular flexibility index (Phi) is 3.16. The Morgan fingerprint density at radius 1 is 1.70 bits per heavy atom. The van der Waals surface area contributed by atoms with Crippen LogP contribution >= 0.6 is 0 Å². The van der Waals surface area contributed by atoms with Crippen LogP contribution in [0.5, 0.6) is 0 Å². The minimum absolute atomic E-state index is 0.773. The first-order chi connectivity index (χ1) is 4.84. The van der Waals surface area contributed by atoms with Gasteiger partial charge in [-0.25, -0.2) is 0 Å². The Morgan fingerprint density at radius 2 is 2.40 bits per heavy atom. The summed E-state index contributed by atoms with van der Waals surface area (Å²) in [6.45, 7) is 4.40. The molecule has 2 atom stereocenters. The van der Waals surface area contributed by atoms with Crippen molar-refractivity contribution in [2.45, 2.75) is 25.8 Å². The molecule has 1 rings (SSSR count). The minimum Gasteiger partial charge on any atom is -0.385 e. The second-order valence-corrected chi connectivity index (χ2v) is 3.11. The van der Waals surface area contributed by atoms with Crippen LogP contribution in [0.15, 0.2) is 0 Å². The molecule has 0 amide bonds. The third-order valence-corrected chi connectivity index (χ3v) is 2.33. The summed E-state index contributed by atoms with van der Waals surface area (Å²) in [5.41, 5.74) is 0. The molecule has 1 N–H and O–H groups in total. The Balaban J connectivity index is 2.02. The molecule has 1 heterocycles. The highest BCUT2D eigenvalue weighted by atomic mass is 16.5. The van der Waals surface area contributed by atoms with Crippen LogP contribution < -0.4 is 5.32 Å². The molecule has 0 aromatic heterocycles. The van der Waals surface area contributed by atoms with E-state index in [1.165, 1.54) is 19.4 Å². The van der Waals surface area contributed by atoms with Gasteiger partial charge < -0.3 is 10.1 Å². The van der Waals surface area contributed by atoms with Crippen molar-refractivity contribution in [1.29, 1.82) is 0 Å². The first kappa shape index (κ1) is 8.02. The van der Waals surface area contributed by atoms with Crippen LogP contribution in [0.1, 0.15) is 19.8 Å². The maximum Gasteiger partial charge on any atom is 0.0465 e. The summed E-state index contributed by atoms with van der Waals surface area (Å²) in [4.78, 5) is 0. The normalized spacial score (nSPS) is 27.6. The molecule has 2 unspecified atom stereocenters. The summed E-state index contributed by atoms with van der Waals surface area (Å²) in [5.74, 6) is 0.786. The topological polar surface area (TPSA) is 21.3 Å². The molecule has 1 aliphatic rings. The molecular formula is C8H17NO. The fraction of sp³-hybridized carbons (Fsp3) is 1.00. The van der Waals surface area contributed by atoms with E-state index in [0.717, 1.165) is 18.6 Å². The van der Waals surface area contributed by atoms with Crippen molar-refractivity contribution in [3.8, 4) is 0 Å². The molecule has 0 aromatic carbocycles. The molecule has 1 saturated heterocycles. The summed E-state index contributed by atoms with van der Waals surface area (Å²) >= 11 is 0. The predicted molar refractivity (Wildman–Crippen MR) is 42.1 cm³/mol. The Morgan fingerprint density at radius 3 is 2.80 bits per heavy atom. The van der Waals surface area contributed by atoms with Gasteiger partial charge in [-0.05, 0) is 25.3 Å². The molecule has 1 fully saturated rings. The Hall–Kier alpha value is -0.0800. The lowest BCUT2D eigenvalue weighted by Crippen LogP contribution is -2.47. The summed E-state index contributed by atoms with van der Waals surface area (Å²) in [5, 5.41) is 3.40. The van der Waals surface area contributed by atoms with Crippen LogP contribution in [0.2, 0.25) is 0 Å². The van der Waals surface area contributed by atoms with E-state index < -0.39 is 0 Å². The number of rotatable bonds is 4. The highest BCUT2D eigenvalue weighted by Gasteiger charge is 2.22. The number of nitrogens with one attached hydrogen (secondary N) is 1. The molecule has 2 heteroatoms. The van der Waals surface area contributed by atoms with Gasteiger partial charge in [0.2, 0.25) is 0 Å². The van der Waals surface area contributed by atoms with E-state index in [4.69, 9.17) is 4.74 Å². The second-order valence-electron chi connectivity index (χ2n) is 3.11. The number of methoxy groups -OCH3 is 1. The monoisotopic (exact) mass is 143 g/mol. The Labute approximate surface area is 63.0 Å². The molecule has 0 spiro atoms. The quantitative estimate of drug-likeness (QED) is 0.634. The minimum atomic E-state index is 0.773. The number of ether oxygens (including phenoxy) is 1. The lowest BCUT2D eigenvalue weighted by atomic mass is 9.91. The fourth-order valence-electron chi connectivity index (χ4n) is 1.30. The van der Waals surface area contributed by atoms with Crippen LogP contribution in [0.3, 0.4) is 0 Å². The third-order valence-electron chi connectivity index (χ3n) is 2.33. The highest BCUT2D eigenvalue weighted by Crippen LogP contribution is 2.16. The first-order valence-electron chi connectivity index (χ1n) is 4.07. The van der Waals surface area contributed by atoms with E-state index in [1.54, 1.807) is 7.11 Å². The smallest absolute Gasteiger partial charge is 0.0465 e. The molecule has 0 saturated carbocycles. The first-order valence-corrected chi connectivity index (χ1v) is 4.07. The average Bonchev–Trinajstić information content (AvgIpc) is 1.79. The van der Waals surface area contributed by atoms with Crippen molar-refractivity contribution >= 4 is 0 Å². The van der Waals surface area contributed by atoms with Crippen molar-refractivity contribution in [1.82, 2.24) is 5.32 Å². The zero-order valence-corrected chi connectivity index (χ0v) is 6.89. The van der Waals surface area contributed by atoms with Gasteiger partial charge in [-0.3, -0.25) is 0 Å². The maximum absolute atomic E-state index is 5.00. The van der Waals surface area contributed by atoms with Gasteiger partial charge in [0.1, 0.15) is 0 Å².